The summed E-state index contributed by atoms with van der Waals surface area (Å²) in [6.07, 6.45) is -2.07. The van der Waals surface area contributed by atoms with Gasteiger partial charge in [0.2, 0.25) is 0 Å². The average Bonchev–Trinajstić information content (AvgIpc) is 2.29. The van der Waals surface area contributed by atoms with Crippen LogP contribution in [0, 0.1) is 5.82 Å². The molecule has 1 aromatic carbocycles. The number of nitrogens with one attached hydrogen (secondary N) is 1. The summed E-state index contributed by atoms with van der Waals surface area (Å²) in [5.41, 5.74) is 0.487. The van der Waals surface area contributed by atoms with E-state index in [0.29, 0.717) is 5.56 Å². The zero-order valence-corrected chi connectivity index (χ0v) is 9.02. The average molecular weight is 229 g/mol. The fraction of sp³-hybridized carbons (Fsp3) is 0.455. The number of aliphatic hydroxyl groups excluding tert-OH is 3. The lowest BCUT2D eigenvalue weighted by Crippen LogP contribution is -2.29. The first-order valence-corrected chi connectivity index (χ1v) is 5.00. The molecule has 0 heterocycles. The zero-order chi connectivity index (χ0) is 12.1. The van der Waals surface area contributed by atoms with Crippen LogP contribution in [0.1, 0.15) is 17.2 Å². The Morgan fingerprint density at radius 1 is 1.38 bits per heavy atom. The van der Waals surface area contributed by atoms with Crippen molar-refractivity contribution in [2.45, 2.75) is 18.8 Å². The van der Waals surface area contributed by atoms with Gasteiger partial charge in [-0.25, -0.2) is 4.39 Å². The van der Waals surface area contributed by atoms with Gasteiger partial charge in [-0.05, 0) is 24.7 Å². The number of likely N-dealkylation sites (N-methyl/N-ethyl adjacent to an activating group) is 1. The van der Waals surface area contributed by atoms with E-state index in [1.165, 1.54) is 12.1 Å². The van der Waals surface area contributed by atoms with Gasteiger partial charge in [0.15, 0.2) is 0 Å². The predicted octanol–water partition coefficient (Wildman–Crippen LogP) is -0.0683. The number of rotatable bonds is 5. The molecule has 0 amide bonds. The molecule has 0 aliphatic heterocycles. The van der Waals surface area contributed by atoms with Gasteiger partial charge >= 0.3 is 0 Å². The van der Waals surface area contributed by atoms with Crippen LogP contribution in [0.5, 0.6) is 0 Å². The number of aliphatic hydroxyl groups is 3. The second kappa shape index (κ2) is 5.91. The van der Waals surface area contributed by atoms with E-state index in [0.717, 1.165) is 6.07 Å². The van der Waals surface area contributed by atoms with E-state index in [1.54, 1.807) is 7.05 Å². The van der Waals surface area contributed by atoms with Crippen molar-refractivity contribution in [3.8, 4) is 0 Å². The number of hydrogen-bond acceptors (Lipinski definition) is 4. The van der Waals surface area contributed by atoms with Crippen LogP contribution in [-0.2, 0) is 6.61 Å². The van der Waals surface area contributed by atoms with Gasteiger partial charge in [0, 0.05) is 12.1 Å². The Bertz CT molecular complexity index is 346. The normalized spacial score (nSPS) is 14.8. The lowest BCUT2D eigenvalue weighted by molar-refractivity contribution is 0.0201. The van der Waals surface area contributed by atoms with Gasteiger partial charge < -0.3 is 20.6 Å². The third-order valence-electron chi connectivity index (χ3n) is 2.36. The first-order valence-electron chi connectivity index (χ1n) is 5.00. The van der Waals surface area contributed by atoms with Gasteiger partial charge in [0.05, 0.1) is 12.7 Å². The van der Waals surface area contributed by atoms with Gasteiger partial charge in [-0.2, -0.15) is 0 Å². The van der Waals surface area contributed by atoms with Crippen molar-refractivity contribution in [3.63, 3.8) is 0 Å². The van der Waals surface area contributed by atoms with Crippen LogP contribution in [-0.4, -0.2) is 35.0 Å². The van der Waals surface area contributed by atoms with Crippen LogP contribution in [0.3, 0.4) is 0 Å². The van der Waals surface area contributed by atoms with E-state index < -0.39 is 24.6 Å². The second-order valence-electron chi connectivity index (χ2n) is 3.58. The highest BCUT2D eigenvalue weighted by Gasteiger charge is 2.18. The van der Waals surface area contributed by atoms with Crippen LogP contribution in [0.25, 0.3) is 0 Å². The number of hydrogen-bond donors (Lipinski definition) is 4. The molecule has 0 aliphatic carbocycles. The van der Waals surface area contributed by atoms with E-state index in [2.05, 4.69) is 5.32 Å². The van der Waals surface area contributed by atoms with Gasteiger partial charge in [0.25, 0.3) is 0 Å². The third-order valence-corrected chi connectivity index (χ3v) is 2.36. The Hall–Kier alpha value is -1.01. The maximum absolute atomic E-state index is 13.1. The lowest BCUT2D eigenvalue weighted by Gasteiger charge is -2.18. The Kier molecular flexibility index (Phi) is 4.82. The molecule has 1 rings (SSSR count). The standard InChI is InChI=1S/C11H16FNO3/c1-13-5-10(15)11(16)7-2-3-9(12)8(4-7)6-14/h2-4,10-11,13-16H,5-6H2,1H3. The quantitative estimate of drug-likeness (QED) is 0.570. The Morgan fingerprint density at radius 3 is 2.62 bits per heavy atom. The molecule has 0 saturated heterocycles. The maximum Gasteiger partial charge on any atom is 0.128 e. The molecule has 1 aromatic rings. The SMILES string of the molecule is CNCC(O)C(O)c1ccc(F)c(CO)c1. The predicted molar refractivity (Wildman–Crippen MR) is 57.2 cm³/mol. The molecule has 2 atom stereocenters. The van der Waals surface area contributed by atoms with Crippen molar-refractivity contribution < 1.29 is 19.7 Å². The molecule has 5 heteroatoms. The van der Waals surface area contributed by atoms with E-state index >= 15 is 0 Å². The second-order valence-corrected chi connectivity index (χ2v) is 3.58. The molecule has 2 unspecified atom stereocenters. The van der Waals surface area contributed by atoms with Crippen LogP contribution in [0.2, 0.25) is 0 Å². The summed E-state index contributed by atoms with van der Waals surface area (Å²) in [5, 5.41) is 30.9. The van der Waals surface area contributed by atoms with Crippen LogP contribution >= 0.6 is 0 Å². The van der Waals surface area contributed by atoms with E-state index in [-0.39, 0.29) is 12.1 Å². The first kappa shape index (κ1) is 13.1. The number of benzene rings is 1. The van der Waals surface area contributed by atoms with E-state index in [1.807, 2.05) is 0 Å². The minimum absolute atomic E-state index is 0.105. The molecule has 0 radical (unpaired) electrons. The van der Waals surface area contributed by atoms with Crippen molar-refractivity contribution in [2.75, 3.05) is 13.6 Å². The number of halogens is 1. The van der Waals surface area contributed by atoms with E-state index in [9.17, 15) is 14.6 Å². The smallest absolute Gasteiger partial charge is 0.128 e. The van der Waals surface area contributed by atoms with Crippen molar-refractivity contribution in [3.05, 3.63) is 35.1 Å². The highest BCUT2D eigenvalue weighted by molar-refractivity contribution is 5.26. The van der Waals surface area contributed by atoms with Crippen LogP contribution in [0.15, 0.2) is 18.2 Å². The first-order chi connectivity index (χ1) is 7.60. The van der Waals surface area contributed by atoms with E-state index in [4.69, 9.17) is 5.11 Å². The van der Waals surface area contributed by atoms with Gasteiger partial charge in [-0.3, -0.25) is 0 Å². The molecule has 90 valence electrons. The largest absolute Gasteiger partial charge is 0.392 e. The molecule has 4 nitrogen and oxygen atoms in total. The fourth-order valence-corrected chi connectivity index (χ4v) is 1.44. The topological polar surface area (TPSA) is 72.7 Å². The minimum atomic E-state index is -1.10. The Labute approximate surface area is 93.4 Å². The van der Waals surface area contributed by atoms with Crippen molar-refractivity contribution in [2.24, 2.45) is 0 Å². The molecule has 4 N–H and O–H groups in total. The van der Waals surface area contributed by atoms with Crippen molar-refractivity contribution >= 4 is 0 Å². The molecule has 0 spiro atoms. The molecule has 0 aliphatic rings. The summed E-state index contributed by atoms with van der Waals surface area (Å²) in [7, 11) is 1.65. The zero-order valence-electron chi connectivity index (χ0n) is 9.02. The van der Waals surface area contributed by atoms with Gasteiger partial charge in [0.1, 0.15) is 11.9 Å². The van der Waals surface area contributed by atoms with Crippen LogP contribution < -0.4 is 5.32 Å². The monoisotopic (exact) mass is 229 g/mol. The highest BCUT2D eigenvalue weighted by Crippen LogP contribution is 2.19. The Balaban J connectivity index is 2.87. The summed E-state index contributed by atoms with van der Waals surface area (Å²) in [5.74, 6) is -0.526. The summed E-state index contributed by atoms with van der Waals surface area (Å²) >= 11 is 0. The van der Waals surface area contributed by atoms with Crippen molar-refractivity contribution in [1.82, 2.24) is 5.32 Å². The summed E-state index contributed by atoms with van der Waals surface area (Å²) in [4.78, 5) is 0. The van der Waals surface area contributed by atoms with Crippen LogP contribution in [0.4, 0.5) is 4.39 Å². The maximum atomic E-state index is 13.1. The highest BCUT2D eigenvalue weighted by atomic mass is 19.1. The lowest BCUT2D eigenvalue weighted by atomic mass is 10.0. The summed E-state index contributed by atoms with van der Waals surface area (Å²) in [6.45, 7) is -0.207. The molecule has 0 fully saturated rings. The molecular weight excluding hydrogens is 213 g/mol. The molecular formula is C11H16FNO3. The molecule has 0 saturated carbocycles. The summed E-state index contributed by atoms with van der Waals surface area (Å²) in [6, 6.07) is 3.90. The molecule has 0 bridgehead atoms. The third kappa shape index (κ3) is 2.99. The summed E-state index contributed by atoms with van der Waals surface area (Å²) < 4.78 is 13.1. The minimum Gasteiger partial charge on any atom is -0.392 e. The van der Waals surface area contributed by atoms with Crippen molar-refractivity contribution in [1.29, 1.82) is 0 Å². The fourth-order valence-electron chi connectivity index (χ4n) is 1.44. The molecule has 16 heavy (non-hydrogen) atoms. The van der Waals surface area contributed by atoms with Gasteiger partial charge in [-0.1, -0.05) is 6.07 Å². The molecule has 0 aromatic heterocycles. The van der Waals surface area contributed by atoms with Gasteiger partial charge in [-0.15, -0.1) is 0 Å². The Morgan fingerprint density at radius 2 is 2.06 bits per heavy atom.